The van der Waals surface area contributed by atoms with E-state index in [0.717, 1.165) is 23.2 Å². The van der Waals surface area contributed by atoms with Crippen molar-refractivity contribution >= 4 is 17.5 Å². The van der Waals surface area contributed by atoms with Crippen LogP contribution >= 0.6 is 0 Å². The van der Waals surface area contributed by atoms with Gasteiger partial charge >= 0.3 is 0 Å². The Bertz CT molecular complexity index is 987. The fourth-order valence-corrected chi connectivity index (χ4v) is 2.69. The minimum Gasteiger partial charge on any atom is -0.352 e. The van der Waals surface area contributed by atoms with Crippen molar-refractivity contribution in [3.05, 3.63) is 60.2 Å². The van der Waals surface area contributed by atoms with Crippen LogP contribution in [0.25, 0.3) is 11.4 Å². The molecular weight excluding hydrogens is 382 g/mol. The molecule has 0 saturated carbocycles. The summed E-state index contributed by atoms with van der Waals surface area (Å²) in [5.74, 6) is 0.713. The highest BCUT2D eigenvalue weighted by Gasteiger charge is 2.12. The fourth-order valence-electron chi connectivity index (χ4n) is 2.69. The molecule has 3 aromatic rings. The smallest absolute Gasteiger partial charge is 0.227 e. The van der Waals surface area contributed by atoms with E-state index >= 15 is 0 Å². The normalized spacial score (nSPS) is 11.7. The van der Waals surface area contributed by atoms with E-state index in [-0.39, 0.29) is 24.2 Å². The van der Waals surface area contributed by atoms with Crippen LogP contribution in [0.15, 0.2) is 53.3 Å². The van der Waals surface area contributed by atoms with E-state index in [0.29, 0.717) is 24.7 Å². The molecule has 1 aromatic carbocycles. The first-order chi connectivity index (χ1) is 14.5. The maximum atomic E-state index is 12.2. The number of anilines is 1. The van der Waals surface area contributed by atoms with Gasteiger partial charge < -0.3 is 15.2 Å². The third kappa shape index (κ3) is 5.97. The van der Waals surface area contributed by atoms with Gasteiger partial charge in [0.2, 0.25) is 23.5 Å². The molecule has 2 heterocycles. The van der Waals surface area contributed by atoms with Crippen molar-refractivity contribution in [3.63, 3.8) is 0 Å². The van der Waals surface area contributed by atoms with Gasteiger partial charge in [-0.15, -0.1) is 0 Å². The molecule has 156 valence electrons. The zero-order chi connectivity index (χ0) is 21.3. The van der Waals surface area contributed by atoms with E-state index in [9.17, 15) is 9.59 Å². The first-order valence-electron chi connectivity index (χ1n) is 9.94. The van der Waals surface area contributed by atoms with Gasteiger partial charge in [-0.3, -0.25) is 14.6 Å². The Morgan fingerprint density at radius 2 is 1.97 bits per heavy atom. The standard InChI is InChI=1S/C22H25N5O3/c1-3-15(2)22(29)25-18-6-4-5-16(13-18)14-24-19(28)7-8-20-26-21(27-30-20)17-9-11-23-12-10-17/h4-6,9-13,15H,3,7-8,14H2,1-2H3,(H,24,28)(H,25,29). The van der Waals surface area contributed by atoms with Crippen LogP contribution in [0.5, 0.6) is 0 Å². The third-order valence-electron chi connectivity index (χ3n) is 4.72. The van der Waals surface area contributed by atoms with Crippen molar-refractivity contribution in [1.29, 1.82) is 0 Å². The number of benzene rings is 1. The predicted octanol–water partition coefficient (Wildman–Crippen LogP) is 3.37. The molecule has 1 atom stereocenters. The zero-order valence-electron chi connectivity index (χ0n) is 17.1. The first kappa shape index (κ1) is 21.2. The van der Waals surface area contributed by atoms with Crippen LogP contribution in [-0.4, -0.2) is 26.9 Å². The monoisotopic (exact) mass is 407 g/mol. The Kier molecular flexibility index (Phi) is 7.26. The summed E-state index contributed by atoms with van der Waals surface area (Å²) in [6, 6.07) is 11.0. The van der Waals surface area contributed by atoms with Crippen LogP contribution < -0.4 is 10.6 Å². The number of aryl methyl sites for hydroxylation is 1. The number of rotatable bonds is 9. The largest absolute Gasteiger partial charge is 0.352 e. The van der Waals surface area contributed by atoms with Crippen LogP contribution in [0, 0.1) is 5.92 Å². The van der Waals surface area contributed by atoms with Crippen molar-refractivity contribution in [2.45, 2.75) is 39.7 Å². The lowest BCUT2D eigenvalue weighted by Crippen LogP contribution is -2.23. The molecule has 2 amide bonds. The molecule has 0 saturated heterocycles. The number of nitrogens with one attached hydrogen (secondary N) is 2. The molecule has 0 aliphatic carbocycles. The Balaban J connectivity index is 1.46. The molecule has 0 aliphatic rings. The summed E-state index contributed by atoms with van der Waals surface area (Å²) in [5.41, 5.74) is 2.44. The van der Waals surface area contributed by atoms with Crippen LogP contribution in [0.3, 0.4) is 0 Å². The second kappa shape index (κ2) is 10.3. The topological polar surface area (TPSA) is 110 Å². The summed E-state index contributed by atoms with van der Waals surface area (Å²) in [6.07, 6.45) is 4.69. The molecule has 8 nitrogen and oxygen atoms in total. The lowest BCUT2D eigenvalue weighted by Gasteiger charge is -2.11. The Morgan fingerprint density at radius 1 is 1.17 bits per heavy atom. The fraction of sp³-hybridized carbons (Fsp3) is 0.318. The maximum absolute atomic E-state index is 12.2. The van der Waals surface area contributed by atoms with Gasteiger partial charge in [0, 0.05) is 48.9 Å². The van der Waals surface area contributed by atoms with Gasteiger partial charge in [-0.25, -0.2) is 0 Å². The van der Waals surface area contributed by atoms with E-state index in [1.807, 2.05) is 38.1 Å². The van der Waals surface area contributed by atoms with Gasteiger partial charge in [-0.1, -0.05) is 31.1 Å². The molecule has 2 N–H and O–H groups in total. The number of carbonyl (C=O) groups excluding carboxylic acids is 2. The van der Waals surface area contributed by atoms with Gasteiger partial charge in [-0.2, -0.15) is 4.98 Å². The second-order valence-electron chi connectivity index (χ2n) is 7.02. The SMILES string of the molecule is CCC(C)C(=O)Nc1cccc(CNC(=O)CCc2nc(-c3ccncc3)no2)c1. The molecule has 0 fully saturated rings. The summed E-state index contributed by atoms with van der Waals surface area (Å²) in [6.45, 7) is 4.24. The lowest BCUT2D eigenvalue weighted by atomic mass is 10.1. The van der Waals surface area contributed by atoms with Gasteiger partial charge in [0.15, 0.2) is 0 Å². The van der Waals surface area contributed by atoms with Gasteiger partial charge in [0.1, 0.15) is 0 Å². The number of pyridine rings is 1. The molecule has 1 unspecified atom stereocenters. The minimum absolute atomic E-state index is 0.00984. The number of nitrogens with zero attached hydrogens (tertiary/aromatic N) is 3. The average molecular weight is 407 g/mol. The molecule has 8 heteroatoms. The number of hydrogen-bond donors (Lipinski definition) is 2. The number of aromatic nitrogens is 3. The molecule has 0 bridgehead atoms. The molecule has 0 aliphatic heterocycles. The van der Waals surface area contributed by atoms with E-state index in [4.69, 9.17) is 4.52 Å². The lowest BCUT2D eigenvalue weighted by molar-refractivity contribution is -0.121. The van der Waals surface area contributed by atoms with E-state index in [1.54, 1.807) is 24.5 Å². The average Bonchev–Trinajstić information content (AvgIpc) is 3.25. The van der Waals surface area contributed by atoms with Crippen molar-refractivity contribution in [1.82, 2.24) is 20.4 Å². The molecule has 0 radical (unpaired) electrons. The number of hydrogen-bond acceptors (Lipinski definition) is 6. The van der Waals surface area contributed by atoms with Crippen molar-refractivity contribution in [3.8, 4) is 11.4 Å². The highest BCUT2D eigenvalue weighted by Crippen LogP contribution is 2.15. The molecule has 30 heavy (non-hydrogen) atoms. The summed E-state index contributed by atoms with van der Waals surface area (Å²) >= 11 is 0. The maximum Gasteiger partial charge on any atom is 0.227 e. The Labute approximate surface area is 175 Å². The Morgan fingerprint density at radius 3 is 2.73 bits per heavy atom. The minimum atomic E-state index is -0.118. The summed E-state index contributed by atoms with van der Waals surface area (Å²) in [4.78, 5) is 32.5. The van der Waals surface area contributed by atoms with Gasteiger partial charge in [-0.05, 0) is 36.2 Å². The van der Waals surface area contributed by atoms with Crippen LogP contribution in [0.2, 0.25) is 0 Å². The van der Waals surface area contributed by atoms with Gasteiger partial charge in [0.05, 0.1) is 0 Å². The third-order valence-corrected chi connectivity index (χ3v) is 4.72. The molecular formula is C22H25N5O3. The van der Waals surface area contributed by atoms with Crippen LogP contribution in [-0.2, 0) is 22.6 Å². The zero-order valence-corrected chi connectivity index (χ0v) is 17.1. The highest BCUT2D eigenvalue weighted by molar-refractivity contribution is 5.92. The second-order valence-corrected chi connectivity index (χ2v) is 7.02. The number of carbonyl (C=O) groups is 2. The predicted molar refractivity (Wildman–Crippen MR) is 112 cm³/mol. The summed E-state index contributed by atoms with van der Waals surface area (Å²) < 4.78 is 5.21. The van der Waals surface area contributed by atoms with E-state index in [2.05, 4.69) is 25.8 Å². The van der Waals surface area contributed by atoms with Crippen molar-refractivity contribution in [2.75, 3.05) is 5.32 Å². The molecule has 3 rings (SSSR count). The van der Waals surface area contributed by atoms with Crippen LogP contribution in [0.4, 0.5) is 5.69 Å². The summed E-state index contributed by atoms with van der Waals surface area (Å²) in [5, 5.41) is 9.70. The molecule has 2 aromatic heterocycles. The van der Waals surface area contributed by atoms with Crippen molar-refractivity contribution in [2.24, 2.45) is 5.92 Å². The van der Waals surface area contributed by atoms with E-state index < -0.39 is 0 Å². The highest BCUT2D eigenvalue weighted by atomic mass is 16.5. The quantitative estimate of drug-likeness (QED) is 0.563. The Hall–Kier alpha value is -3.55. The van der Waals surface area contributed by atoms with Crippen molar-refractivity contribution < 1.29 is 14.1 Å². The number of amides is 2. The van der Waals surface area contributed by atoms with Gasteiger partial charge in [0.25, 0.3) is 0 Å². The van der Waals surface area contributed by atoms with Crippen LogP contribution in [0.1, 0.15) is 38.1 Å². The summed E-state index contributed by atoms with van der Waals surface area (Å²) in [7, 11) is 0. The molecule has 0 spiro atoms. The first-order valence-corrected chi connectivity index (χ1v) is 9.94. The van der Waals surface area contributed by atoms with E-state index in [1.165, 1.54) is 0 Å².